The molecule has 18 heavy (non-hydrogen) atoms. The summed E-state index contributed by atoms with van der Waals surface area (Å²) < 4.78 is 19.0. The number of halogens is 1. The van der Waals surface area contributed by atoms with E-state index in [0.29, 0.717) is 6.54 Å². The quantitative estimate of drug-likeness (QED) is 0.824. The Kier molecular flexibility index (Phi) is 4.25. The minimum absolute atomic E-state index is 0.0586. The number of hydrogen-bond donors (Lipinski definition) is 0. The van der Waals surface area contributed by atoms with Crippen LogP contribution in [0.5, 0.6) is 0 Å². The molecule has 1 aliphatic rings. The van der Waals surface area contributed by atoms with Crippen molar-refractivity contribution >= 4 is 5.91 Å². The molecule has 0 aliphatic carbocycles. The third-order valence-corrected chi connectivity index (χ3v) is 3.10. The van der Waals surface area contributed by atoms with Crippen molar-refractivity contribution in [3.63, 3.8) is 0 Å². The van der Waals surface area contributed by atoms with Gasteiger partial charge in [0.2, 0.25) is 0 Å². The average molecular weight is 252 g/mol. The first-order valence-corrected chi connectivity index (χ1v) is 6.15. The molecule has 1 aliphatic heterocycles. The molecule has 98 valence electrons. The summed E-state index contributed by atoms with van der Waals surface area (Å²) in [5, 5.41) is 0. The van der Waals surface area contributed by atoms with Gasteiger partial charge in [0.05, 0.1) is 17.9 Å². The standard InChI is InChI=1S/C13H17FN2O2/c1-16(9-10-4-2-3-7-18-10)13(17)11-5-6-15-8-12(11)14/h5-6,8,10H,2-4,7,9H2,1H3/t10-/m0/s1. The highest BCUT2D eigenvalue weighted by Crippen LogP contribution is 2.15. The minimum atomic E-state index is -0.584. The molecule has 0 unspecified atom stereocenters. The molecule has 1 saturated heterocycles. The number of pyridine rings is 1. The van der Waals surface area contributed by atoms with Gasteiger partial charge in [-0.3, -0.25) is 9.78 Å². The summed E-state index contributed by atoms with van der Waals surface area (Å²) in [5.41, 5.74) is 0.0586. The second-order valence-corrected chi connectivity index (χ2v) is 4.53. The summed E-state index contributed by atoms with van der Waals surface area (Å²) in [6.07, 6.45) is 5.69. The van der Waals surface area contributed by atoms with Gasteiger partial charge in [-0.05, 0) is 25.3 Å². The molecule has 1 amide bonds. The van der Waals surface area contributed by atoms with Crippen LogP contribution in [0.2, 0.25) is 0 Å². The molecule has 1 atom stereocenters. The van der Waals surface area contributed by atoms with E-state index in [1.807, 2.05) is 0 Å². The van der Waals surface area contributed by atoms with Gasteiger partial charge in [0.25, 0.3) is 5.91 Å². The summed E-state index contributed by atoms with van der Waals surface area (Å²) in [5.74, 6) is -0.914. The smallest absolute Gasteiger partial charge is 0.256 e. The third-order valence-electron chi connectivity index (χ3n) is 3.10. The van der Waals surface area contributed by atoms with E-state index in [9.17, 15) is 9.18 Å². The van der Waals surface area contributed by atoms with Gasteiger partial charge in [0.1, 0.15) is 0 Å². The van der Waals surface area contributed by atoms with Crippen LogP contribution in [0.3, 0.4) is 0 Å². The van der Waals surface area contributed by atoms with Crippen molar-refractivity contribution in [2.45, 2.75) is 25.4 Å². The highest BCUT2D eigenvalue weighted by molar-refractivity contribution is 5.94. The molecule has 2 heterocycles. The summed E-state index contributed by atoms with van der Waals surface area (Å²) >= 11 is 0. The van der Waals surface area contributed by atoms with Gasteiger partial charge in [0.15, 0.2) is 5.82 Å². The molecule has 0 N–H and O–H groups in total. The maximum atomic E-state index is 13.4. The van der Waals surface area contributed by atoms with Crippen molar-refractivity contribution in [3.8, 4) is 0 Å². The lowest BCUT2D eigenvalue weighted by Gasteiger charge is -2.27. The predicted octanol–water partition coefficient (Wildman–Crippen LogP) is 1.86. The fourth-order valence-electron chi connectivity index (χ4n) is 2.09. The van der Waals surface area contributed by atoms with Crippen molar-refractivity contribution in [1.29, 1.82) is 0 Å². The zero-order valence-corrected chi connectivity index (χ0v) is 10.4. The van der Waals surface area contributed by atoms with Gasteiger partial charge in [-0.15, -0.1) is 0 Å². The number of carbonyl (C=O) groups is 1. The van der Waals surface area contributed by atoms with Crippen LogP contribution in [0.4, 0.5) is 4.39 Å². The topological polar surface area (TPSA) is 42.4 Å². The van der Waals surface area contributed by atoms with Crippen LogP contribution in [0.15, 0.2) is 18.5 Å². The van der Waals surface area contributed by atoms with Crippen molar-refractivity contribution in [2.24, 2.45) is 0 Å². The Morgan fingerprint density at radius 2 is 2.44 bits per heavy atom. The molecular formula is C13H17FN2O2. The molecule has 4 nitrogen and oxygen atoms in total. The number of ether oxygens (including phenoxy) is 1. The third kappa shape index (κ3) is 3.04. The molecule has 1 aromatic rings. The summed E-state index contributed by atoms with van der Waals surface area (Å²) in [7, 11) is 1.67. The Labute approximate surface area is 106 Å². The fraction of sp³-hybridized carbons (Fsp3) is 0.538. The maximum absolute atomic E-state index is 13.4. The largest absolute Gasteiger partial charge is 0.376 e. The van der Waals surface area contributed by atoms with Gasteiger partial charge in [-0.1, -0.05) is 0 Å². The average Bonchev–Trinajstić information content (AvgIpc) is 2.39. The number of likely N-dealkylation sites (N-methyl/N-ethyl adjacent to an activating group) is 1. The van der Waals surface area contributed by atoms with E-state index >= 15 is 0 Å². The Bertz CT molecular complexity index is 419. The van der Waals surface area contributed by atoms with Crippen LogP contribution in [0, 0.1) is 5.82 Å². The molecule has 0 radical (unpaired) electrons. The highest BCUT2D eigenvalue weighted by atomic mass is 19.1. The second-order valence-electron chi connectivity index (χ2n) is 4.53. The molecule has 2 rings (SSSR count). The van der Waals surface area contributed by atoms with Crippen molar-refractivity contribution in [3.05, 3.63) is 29.8 Å². The monoisotopic (exact) mass is 252 g/mol. The van der Waals surface area contributed by atoms with Crippen LogP contribution >= 0.6 is 0 Å². The Morgan fingerprint density at radius 1 is 1.61 bits per heavy atom. The molecule has 1 fully saturated rings. The van der Waals surface area contributed by atoms with Crippen molar-refractivity contribution in [2.75, 3.05) is 20.2 Å². The number of rotatable bonds is 3. The van der Waals surface area contributed by atoms with E-state index in [1.165, 1.54) is 17.2 Å². The van der Waals surface area contributed by atoms with Gasteiger partial charge in [0, 0.05) is 26.4 Å². The molecule has 0 bridgehead atoms. The van der Waals surface area contributed by atoms with Crippen molar-refractivity contribution in [1.82, 2.24) is 9.88 Å². The van der Waals surface area contributed by atoms with Gasteiger partial charge < -0.3 is 9.64 Å². The zero-order valence-electron chi connectivity index (χ0n) is 10.4. The van der Waals surface area contributed by atoms with E-state index < -0.39 is 5.82 Å². The number of hydrogen-bond acceptors (Lipinski definition) is 3. The first-order chi connectivity index (χ1) is 8.68. The first kappa shape index (κ1) is 13.0. The second kappa shape index (κ2) is 5.91. The maximum Gasteiger partial charge on any atom is 0.256 e. The van der Waals surface area contributed by atoms with Crippen molar-refractivity contribution < 1.29 is 13.9 Å². The van der Waals surface area contributed by atoms with Crippen LogP contribution in [-0.2, 0) is 4.74 Å². The Hall–Kier alpha value is -1.49. The number of carbonyl (C=O) groups excluding carboxylic acids is 1. The van der Waals surface area contributed by atoms with E-state index in [-0.39, 0.29) is 17.6 Å². The summed E-state index contributed by atoms with van der Waals surface area (Å²) in [6.45, 7) is 1.25. The Balaban J connectivity index is 1.98. The Morgan fingerprint density at radius 3 is 3.11 bits per heavy atom. The van der Waals surface area contributed by atoms with Gasteiger partial charge in [-0.2, -0.15) is 0 Å². The molecule has 5 heteroatoms. The molecule has 0 aromatic carbocycles. The lowest BCUT2D eigenvalue weighted by atomic mass is 10.1. The first-order valence-electron chi connectivity index (χ1n) is 6.15. The molecule has 0 saturated carbocycles. The van der Waals surface area contributed by atoms with Crippen LogP contribution in [-0.4, -0.2) is 42.1 Å². The minimum Gasteiger partial charge on any atom is -0.376 e. The normalized spacial score (nSPS) is 19.6. The number of nitrogens with zero attached hydrogens (tertiary/aromatic N) is 2. The molecule has 1 aromatic heterocycles. The van der Waals surface area contributed by atoms with Gasteiger partial charge in [-0.25, -0.2) is 4.39 Å². The molecule has 0 spiro atoms. The predicted molar refractivity (Wildman–Crippen MR) is 64.7 cm³/mol. The SMILES string of the molecule is CN(C[C@@H]1CCCCO1)C(=O)c1ccncc1F. The highest BCUT2D eigenvalue weighted by Gasteiger charge is 2.21. The van der Waals surface area contributed by atoms with E-state index in [1.54, 1.807) is 7.05 Å². The number of amides is 1. The van der Waals surface area contributed by atoms with E-state index in [2.05, 4.69) is 4.98 Å². The van der Waals surface area contributed by atoms with Crippen LogP contribution in [0.1, 0.15) is 29.6 Å². The summed E-state index contributed by atoms with van der Waals surface area (Å²) in [4.78, 5) is 17.2. The fourth-order valence-corrected chi connectivity index (χ4v) is 2.09. The number of aromatic nitrogens is 1. The van der Waals surface area contributed by atoms with E-state index in [4.69, 9.17) is 4.74 Å². The lowest BCUT2D eigenvalue weighted by Crippen LogP contribution is -2.37. The summed E-state index contributed by atoms with van der Waals surface area (Å²) in [6, 6.07) is 1.40. The van der Waals surface area contributed by atoms with E-state index in [0.717, 1.165) is 32.1 Å². The lowest BCUT2D eigenvalue weighted by molar-refractivity contribution is -0.000273. The molecular weight excluding hydrogens is 235 g/mol. The van der Waals surface area contributed by atoms with Crippen LogP contribution < -0.4 is 0 Å². The zero-order chi connectivity index (χ0) is 13.0. The van der Waals surface area contributed by atoms with Gasteiger partial charge >= 0.3 is 0 Å². The van der Waals surface area contributed by atoms with Crippen LogP contribution in [0.25, 0.3) is 0 Å².